The molecule has 0 aliphatic rings. The summed E-state index contributed by atoms with van der Waals surface area (Å²) in [5.74, 6) is 1.83. The van der Waals surface area contributed by atoms with E-state index in [0.717, 1.165) is 0 Å². The van der Waals surface area contributed by atoms with Crippen LogP contribution in [0, 0.1) is 6.92 Å². The molecule has 0 aliphatic carbocycles. The third kappa shape index (κ3) is 17.7. The molecule has 0 nitrogen and oxygen atoms in total. The normalized spacial score (nSPS) is 9.33. The third-order valence-electron chi connectivity index (χ3n) is 6.30. The molecule has 0 fully saturated rings. The van der Waals surface area contributed by atoms with Gasteiger partial charge in [0.1, 0.15) is 0 Å². The topological polar surface area (TPSA) is 0 Å². The maximum atomic E-state index is 4.76. The van der Waals surface area contributed by atoms with Gasteiger partial charge in [-0.3, -0.25) is 0 Å². The molecule has 5 aromatic rings. The van der Waals surface area contributed by atoms with Crippen LogP contribution in [0.1, 0.15) is 30.9 Å². The van der Waals surface area contributed by atoms with Crippen molar-refractivity contribution in [3.05, 3.63) is 157 Å². The molecule has 0 radical (unpaired) electrons. The van der Waals surface area contributed by atoms with E-state index in [-0.39, 0.29) is 84.4 Å². The smallest absolute Gasteiger partial charge is 1.00 e. The van der Waals surface area contributed by atoms with Crippen molar-refractivity contribution in [2.45, 2.75) is 26.7 Å². The Labute approximate surface area is 330 Å². The van der Waals surface area contributed by atoms with Gasteiger partial charge in [-0.15, -0.1) is 23.2 Å². The van der Waals surface area contributed by atoms with Crippen LogP contribution in [0.5, 0.6) is 0 Å². The molecular formula is C36H38AuCl5P2Ru. The molecule has 246 valence electrons. The van der Waals surface area contributed by atoms with Gasteiger partial charge in [-0.1, -0.05) is 165 Å². The average Bonchev–Trinajstić information content (AvgIpc) is 3.00. The van der Waals surface area contributed by atoms with E-state index in [1.807, 2.05) is 0 Å². The molecule has 0 unspecified atom stereocenters. The van der Waals surface area contributed by atoms with E-state index in [2.05, 4.69) is 166 Å². The monoisotopic (exact) mass is 1010 g/mol. The largest absolute Gasteiger partial charge is 2.00 e. The minimum atomic E-state index is -0.409. The summed E-state index contributed by atoms with van der Waals surface area (Å²) >= 11 is 9.53. The van der Waals surface area contributed by atoms with Gasteiger partial charge in [-0.25, -0.2) is 0 Å². The summed E-state index contributed by atoms with van der Waals surface area (Å²) in [4.78, 5) is 0. The fourth-order valence-electron chi connectivity index (χ4n) is 4.15. The van der Waals surface area contributed by atoms with E-state index in [9.17, 15) is 0 Å². The van der Waals surface area contributed by atoms with Crippen molar-refractivity contribution in [2.24, 2.45) is 0 Å². The summed E-state index contributed by atoms with van der Waals surface area (Å²) in [7, 11) is -0.817. The third-order valence-corrected chi connectivity index (χ3v) is 12.2. The van der Waals surface area contributed by atoms with Gasteiger partial charge in [0, 0.05) is 5.90 Å². The zero-order valence-electron chi connectivity index (χ0n) is 25.3. The van der Waals surface area contributed by atoms with Gasteiger partial charge in [0.25, 0.3) is 0 Å². The van der Waals surface area contributed by atoms with E-state index in [1.54, 1.807) is 0 Å². The molecule has 0 saturated carbocycles. The number of halogens is 5. The fourth-order valence-corrected chi connectivity index (χ4v) is 10.6. The number of rotatable bonds is 7. The quantitative estimate of drug-likeness (QED) is 0.129. The number of hydrogen-bond donors (Lipinski definition) is 0. The molecule has 9 heteroatoms. The Morgan fingerprint density at radius 1 is 0.489 bits per heavy atom. The molecule has 5 aromatic carbocycles. The van der Waals surface area contributed by atoms with Gasteiger partial charge in [0.05, 0.1) is 5.34 Å². The molecule has 0 N–H and O–H groups in total. The molecule has 0 spiro atoms. The Bertz CT molecular complexity index is 1190. The van der Waals surface area contributed by atoms with E-state index >= 15 is 0 Å². The van der Waals surface area contributed by atoms with Crippen LogP contribution in [0.15, 0.2) is 146 Å². The number of aryl methyl sites for hydroxylation is 1. The molecule has 0 saturated heterocycles. The fraction of sp³-hybridized carbons (Fsp3) is 0.167. The van der Waals surface area contributed by atoms with Crippen LogP contribution in [0.25, 0.3) is 0 Å². The maximum Gasteiger partial charge on any atom is 2.00 e. The van der Waals surface area contributed by atoms with Crippen LogP contribution >= 0.6 is 39.0 Å². The van der Waals surface area contributed by atoms with Gasteiger partial charge in [0.2, 0.25) is 0 Å². The van der Waals surface area contributed by atoms with Crippen LogP contribution in [0.3, 0.4) is 0 Å². The summed E-state index contributed by atoms with van der Waals surface area (Å²) in [6, 6.07) is 52.8. The predicted octanol–water partition coefficient (Wildman–Crippen LogP) is 0.757. The minimum absolute atomic E-state index is 0. The molecular weight excluding hydrogens is 970 g/mol. The predicted molar refractivity (Wildman–Crippen MR) is 185 cm³/mol. The van der Waals surface area contributed by atoms with E-state index < -0.39 is 15.8 Å². The number of alkyl halides is 2. The zero-order chi connectivity index (χ0) is 28.6. The van der Waals surface area contributed by atoms with Crippen molar-refractivity contribution < 1.29 is 79.1 Å². The second-order valence-corrected chi connectivity index (χ2v) is 15.2. The van der Waals surface area contributed by atoms with Crippen LogP contribution in [-0.4, -0.2) is 11.2 Å². The van der Waals surface area contributed by atoms with Gasteiger partial charge >= 0.3 is 41.9 Å². The Morgan fingerprint density at radius 3 is 0.956 bits per heavy atom. The van der Waals surface area contributed by atoms with Crippen LogP contribution in [-0.2, 0) is 41.9 Å². The summed E-state index contributed by atoms with van der Waals surface area (Å²) in [5, 5.41) is 6.02. The van der Waals surface area contributed by atoms with Gasteiger partial charge in [-0.2, -0.15) is 0 Å². The molecule has 0 bridgehead atoms. The molecule has 0 atom stereocenters. The van der Waals surface area contributed by atoms with Crippen LogP contribution < -0.4 is 58.4 Å². The average molecular weight is 1010 g/mol. The van der Waals surface area contributed by atoms with Crippen molar-refractivity contribution in [3.63, 3.8) is 0 Å². The molecule has 0 aromatic heterocycles. The minimum Gasteiger partial charge on any atom is -1.00 e. The molecule has 0 heterocycles. The first-order chi connectivity index (χ1) is 19.5. The molecule has 45 heavy (non-hydrogen) atoms. The van der Waals surface area contributed by atoms with Crippen molar-refractivity contribution in [3.8, 4) is 0 Å². The number of hydrogen-bond acceptors (Lipinski definition) is 0. The van der Waals surface area contributed by atoms with E-state index in [4.69, 9.17) is 23.2 Å². The SMILES string of the molecule is Cc1ccc(C(C)C)cc1.ClCCl.[Au+].[Cl-].[Cl-].[Cl-].[Ru+2].c1ccc(P(CP(c2ccccc2)c2ccccc2)c2ccccc2)cc1. The molecule has 0 aliphatic heterocycles. The summed E-state index contributed by atoms with van der Waals surface area (Å²) < 4.78 is 0. The van der Waals surface area contributed by atoms with Crippen molar-refractivity contribution in [1.29, 1.82) is 0 Å². The zero-order valence-corrected chi connectivity index (χ0v) is 34.8. The first kappa shape index (κ1) is 49.2. The number of benzene rings is 5. The Balaban J connectivity index is -0.000000840. The summed E-state index contributed by atoms with van der Waals surface area (Å²) in [6.07, 6.45) is 0. The Hall–Kier alpha value is -0.226. The van der Waals surface area contributed by atoms with Crippen LogP contribution in [0.4, 0.5) is 0 Å². The van der Waals surface area contributed by atoms with Crippen molar-refractivity contribution >= 4 is 60.3 Å². The van der Waals surface area contributed by atoms with E-state index in [1.165, 1.54) is 38.2 Å². The first-order valence-electron chi connectivity index (χ1n) is 13.5. The second-order valence-electron chi connectivity index (χ2n) is 9.51. The Kier molecular flexibility index (Phi) is 31.4. The molecule has 0 amide bonds. The van der Waals surface area contributed by atoms with Gasteiger partial charge in [-0.05, 0) is 55.5 Å². The maximum absolute atomic E-state index is 4.76. The van der Waals surface area contributed by atoms with E-state index in [0.29, 0.717) is 5.92 Å². The molecule has 5 rings (SSSR count). The van der Waals surface area contributed by atoms with Crippen molar-refractivity contribution in [1.82, 2.24) is 0 Å². The van der Waals surface area contributed by atoms with Crippen LogP contribution in [0.2, 0.25) is 0 Å². The Morgan fingerprint density at radius 2 is 0.733 bits per heavy atom. The summed E-state index contributed by atoms with van der Waals surface area (Å²) in [5.41, 5.74) is 2.76. The van der Waals surface area contributed by atoms with Gasteiger partial charge in [0.15, 0.2) is 0 Å². The first-order valence-corrected chi connectivity index (χ1v) is 17.6. The van der Waals surface area contributed by atoms with Gasteiger partial charge < -0.3 is 37.2 Å². The second kappa shape index (κ2) is 28.8. The summed E-state index contributed by atoms with van der Waals surface area (Å²) in [6.45, 7) is 6.54. The van der Waals surface area contributed by atoms with Crippen molar-refractivity contribution in [2.75, 3.05) is 11.2 Å². The standard InChI is InChI=1S/C25H22P2.C10H14.CH2Cl2.Au.3ClH.Ru/c1-5-13-22(14-6-1)26(23-15-7-2-8-16-23)21-27(24-17-9-3-10-18-24)25-19-11-4-12-20-25;1-8(2)10-6-4-9(3)5-7-10;2-1-3;;;;;/h1-20H,21H2;4-8H,1-3H3;1H2;;3*1H;/q;;;+1;;;;+2/p-3.